The van der Waals surface area contributed by atoms with Gasteiger partial charge in [0.1, 0.15) is 11.6 Å². The number of hydrogen-bond acceptors (Lipinski definition) is 4. The second-order valence-corrected chi connectivity index (χ2v) is 10.0. The van der Waals surface area contributed by atoms with Gasteiger partial charge in [-0.1, -0.05) is 67.6 Å². The Morgan fingerprint density at radius 2 is 1.52 bits per heavy atom. The van der Waals surface area contributed by atoms with Crippen LogP contribution in [-0.4, -0.2) is 35.5 Å². The van der Waals surface area contributed by atoms with Crippen molar-refractivity contribution >= 4 is 22.5 Å². The van der Waals surface area contributed by atoms with Crippen LogP contribution < -0.4 is 10.6 Å². The number of aliphatic hydroxyl groups is 1. The van der Waals surface area contributed by atoms with Crippen LogP contribution in [0, 0.1) is 11.6 Å². The number of Topliss-reactive ketones (excluding diaryl/α,β-unsaturated/α-hetero) is 1. The molecule has 208 valence electrons. The Kier molecular flexibility index (Phi) is 10.1. The maximum atomic E-state index is 13.8. The fraction of sp³-hybridized carbons (Fsp3) is 0.273. The molecule has 5 nitrogen and oxygen atoms in total. The van der Waals surface area contributed by atoms with Crippen LogP contribution in [0.2, 0.25) is 0 Å². The van der Waals surface area contributed by atoms with Gasteiger partial charge < -0.3 is 15.7 Å². The van der Waals surface area contributed by atoms with Gasteiger partial charge in [-0.2, -0.15) is 0 Å². The monoisotopic (exact) mass is 544 g/mol. The maximum absolute atomic E-state index is 13.8. The highest BCUT2D eigenvalue weighted by Crippen LogP contribution is 2.18. The van der Waals surface area contributed by atoms with E-state index in [0.717, 1.165) is 28.8 Å². The summed E-state index contributed by atoms with van der Waals surface area (Å²) in [5.41, 5.74) is 3.10. The highest BCUT2D eigenvalue weighted by molar-refractivity contribution is 6.01. The maximum Gasteiger partial charge on any atom is 0.220 e. The van der Waals surface area contributed by atoms with Gasteiger partial charge in [0, 0.05) is 37.6 Å². The summed E-state index contributed by atoms with van der Waals surface area (Å²) in [6.07, 6.45) is -0.191. The van der Waals surface area contributed by atoms with Crippen molar-refractivity contribution in [2.45, 2.75) is 51.3 Å². The number of amides is 1. The van der Waals surface area contributed by atoms with Crippen LogP contribution in [0.25, 0.3) is 10.8 Å². The summed E-state index contributed by atoms with van der Waals surface area (Å²) in [6, 6.07) is 23.6. The Bertz CT molecular complexity index is 1450. The number of carbonyl (C=O) groups is 2. The molecular formula is C33H34F2N2O3. The average Bonchev–Trinajstić information content (AvgIpc) is 2.94. The molecule has 1 amide bonds. The lowest BCUT2D eigenvalue weighted by atomic mass is 9.99. The Labute approximate surface area is 233 Å². The number of ketones is 1. The first-order valence-electron chi connectivity index (χ1n) is 13.5. The van der Waals surface area contributed by atoms with E-state index in [1.165, 1.54) is 17.7 Å². The normalized spacial score (nSPS) is 12.7. The van der Waals surface area contributed by atoms with Crippen LogP contribution in [0.4, 0.5) is 8.78 Å². The van der Waals surface area contributed by atoms with Crippen LogP contribution in [0.15, 0.2) is 84.9 Å². The molecule has 0 radical (unpaired) electrons. The van der Waals surface area contributed by atoms with Gasteiger partial charge >= 0.3 is 0 Å². The molecule has 4 aromatic rings. The van der Waals surface area contributed by atoms with Gasteiger partial charge in [0.2, 0.25) is 5.91 Å². The summed E-state index contributed by atoms with van der Waals surface area (Å²) in [5.74, 6) is -2.05. The highest BCUT2D eigenvalue weighted by Gasteiger charge is 2.23. The van der Waals surface area contributed by atoms with Crippen LogP contribution >= 0.6 is 0 Å². The molecule has 0 aliphatic rings. The summed E-state index contributed by atoms with van der Waals surface area (Å²) in [6.45, 7) is 2.74. The van der Waals surface area contributed by atoms with Crippen LogP contribution in [0.5, 0.6) is 0 Å². The molecule has 7 heteroatoms. The molecule has 0 bridgehead atoms. The minimum atomic E-state index is -1.04. The SMILES string of the molecule is CCc1cccc(CNCC(O)C(Cc2cc(F)cc(F)c2)NC(=O)CCC(=O)c2ccc3ccccc3c2)c1. The van der Waals surface area contributed by atoms with Gasteiger partial charge in [-0.05, 0) is 58.5 Å². The van der Waals surface area contributed by atoms with E-state index in [0.29, 0.717) is 17.7 Å². The summed E-state index contributed by atoms with van der Waals surface area (Å²) < 4.78 is 27.6. The fourth-order valence-electron chi connectivity index (χ4n) is 4.75. The van der Waals surface area contributed by atoms with E-state index in [2.05, 4.69) is 23.6 Å². The van der Waals surface area contributed by atoms with Gasteiger partial charge in [-0.15, -0.1) is 0 Å². The molecule has 3 N–H and O–H groups in total. The van der Waals surface area contributed by atoms with E-state index in [4.69, 9.17) is 0 Å². The van der Waals surface area contributed by atoms with Gasteiger partial charge in [0.15, 0.2) is 5.78 Å². The van der Waals surface area contributed by atoms with Gasteiger partial charge in [0.05, 0.1) is 12.1 Å². The molecule has 4 aromatic carbocycles. The first-order chi connectivity index (χ1) is 19.3. The first kappa shape index (κ1) is 29.1. The fourth-order valence-corrected chi connectivity index (χ4v) is 4.75. The number of hydrogen-bond donors (Lipinski definition) is 3. The quantitative estimate of drug-likeness (QED) is 0.194. The summed E-state index contributed by atoms with van der Waals surface area (Å²) in [5, 5.41) is 18.9. The zero-order valence-corrected chi connectivity index (χ0v) is 22.5. The average molecular weight is 545 g/mol. The Morgan fingerprint density at radius 1 is 0.800 bits per heavy atom. The second kappa shape index (κ2) is 13.9. The van der Waals surface area contributed by atoms with Crippen molar-refractivity contribution < 1.29 is 23.5 Å². The molecule has 0 heterocycles. The van der Waals surface area contributed by atoms with Crippen molar-refractivity contribution in [3.8, 4) is 0 Å². The molecule has 0 saturated heterocycles. The largest absolute Gasteiger partial charge is 0.390 e. The number of nitrogens with one attached hydrogen (secondary N) is 2. The van der Waals surface area contributed by atoms with Crippen molar-refractivity contribution in [3.05, 3.63) is 119 Å². The lowest BCUT2D eigenvalue weighted by molar-refractivity contribution is -0.122. The van der Waals surface area contributed by atoms with Crippen molar-refractivity contribution in [1.29, 1.82) is 0 Å². The Balaban J connectivity index is 1.38. The number of aliphatic hydroxyl groups excluding tert-OH is 1. The predicted molar refractivity (Wildman–Crippen MR) is 153 cm³/mol. The molecule has 0 aliphatic carbocycles. The molecular weight excluding hydrogens is 510 g/mol. The van der Waals surface area contributed by atoms with E-state index < -0.39 is 29.7 Å². The zero-order valence-electron chi connectivity index (χ0n) is 22.5. The minimum Gasteiger partial charge on any atom is -0.390 e. The van der Waals surface area contributed by atoms with Gasteiger partial charge in [-0.25, -0.2) is 8.78 Å². The van der Waals surface area contributed by atoms with Crippen LogP contribution in [-0.2, 0) is 24.2 Å². The number of halogens is 2. The van der Waals surface area contributed by atoms with E-state index in [1.807, 2.05) is 54.6 Å². The molecule has 0 aromatic heterocycles. The van der Waals surface area contributed by atoms with E-state index in [9.17, 15) is 23.5 Å². The standard InChI is InChI=1S/C33H34F2N2O3/c1-2-22-6-5-7-23(14-22)20-36-21-32(39)30(17-24-15-28(34)19-29(35)16-24)37-33(40)13-12-31(38)27-11-10-25-8-3-4-9-26(25)18-27/h3-11,14-16,18-19,30,32,36,39H,2,12-13,17,20-21H2,1H3,(H,37,40). The smallest absolute Gasteiger partial charge is 0.220 e. The van der Waals surface area contributed by atoms with Crippen LogP contribution in [0.1, 0.15) is 46.8 Å². The van der Waals surface area contributed by atoms with Crippen molar-refractivity contribution in [2.75, 3.05) is 6.54 Å². The number of aryl methyl sites for hydroxylation is 1. The second-order valence-electron chi connectivity index (χ2n) is 10.0. The van der Waals surface area contributed by atoms with Crippen LogP contribution in [0.3, 0.4) is 0 Å². The molecule has 0 fully saturated rings. The van der Waals surface area contributed by atoms with E-state index in [1.54, 1.807) is 6.07 Å². The predicted octanol–water partition coefficient (Wildman–Crippen LogP) is 5.52. The Morgan fingerprint density at radius 3 is 2.27 bits per heavy atom. The molecule has 40 heavy (non-hydrogen) atoms. The molecule has 0 aliphatic heterocycles. The number of benzene rings is 4. The van der Waals surface area contributed by atoms with Gasteiger partial charge in [-0.3, -0.25) is 9.59 Å². The zero-order chi connectivity index (χ0) is 28.5. The van der Waals surface area contributed by atoms with Crippen molar-refractivity contribution in [2.24, 2.45) is 0 Å². The third kappa shape index (κ3) is 8.28. The van der Waals surface area contributed by atoms with Gasteiger partial charge in [0.25, 0.3) is 0 Å². The van der Waals surface area contributed by atoms with E-state index >= 15 is 0 Å². The topological polar surface area (TPSA) is 78.4 Å². The third-order valence-electron chi connectivity index (χ3n) is 6.92. The molecule has 0 saturated carbocycles. The number of rotatable bonds is 13. The highest BCUT2D eigenvalue weighted by atomic mass is 19.1. The lowest BCUT2D eigenvalue weighted by Crippen LogP contribution is -2.48. The lowest BCUT2D eigenvalue weighted by Gasteiger charge is -2.25. The summed E-state index contributed by atoms with van der Waals surface area (Å²) in [7, 11) is 0. The molecule has 2 atom stereocenters. The minimum absolute atomic E-state index is 0.00635. The van der Waals surface area contributed by atoms with Crippen molar-refractivity contribution in [3.63, 3.8) is 0 Å². The first-order valence-corrected chi connectivity index (χ1v) is 13.5. The van der Waals surface area contributed by atoms with E-state index in [-0.39, 0.29) is 31.6 Å². The Hall–Kier alpha value is -3.94. The number of carbonyl (C=O) groups excluding carboxylic acids is 2. The number of fused-ring (bicyclic) bond motifs is 1. The summed E-state index contributed by atoms with van der Waals surface area (Å²) >= 11 is 0. The molecule has 4 rings (SSSR count). The summed E-state index contributed by atoms with van der Waals surface area (Å²) in [4.78, 5) is 25.6. The third-order valence-corrected chi connectivity index (χ3v) is 6.92. The molecule has 0 spiro atoms. The van der Waals surface area contributed by atoms with Crippen molar-refractivity contribution in [1.82, 2.24) is 10.6 Å². The molecule has 2 unspecified atom stereocenters.